The van der Waals surface area contributed by atoms with Crippen molar-refractivity contribution in [3.8, 4) is 5.75 Å². The zero-order valence-electron chi connectivity index (χ0n) is 11.9. The highest BCUT2D eigenvalue weighted by Crippen LogP contribution is 2.18. The van der Waals surface area contributed by atoms with Gasteiger partial charge in [-0.25, -0.2) is 0 Å². The molecule has 0 saturated heterocycles. The maximum Gasteiger partial charge on any atom is 0.119 e. The zero-order valence-corrected chi connectivity index (χ0v) is 11.9. The lowest BCUT2D eigenvalue weighted by atomic mass is 10.1. The van der Waals surface area contributed by atoms with Crippen LogP contribution < -0.4 is 10.1 Å². The first-order valence-corrected chi connectivity index (χ1v) is 6.66. The van der Waals surface area contributed by atoms with Crippen molar-refractivity contribution >= 4 is 0 Å². The second-order valence-electron chi connectivity index (χ2n) is 4.57. The van der Waals surface area contributed by atoms with E-state index in [4.69, 9.17) is 9.47 Å². The third-order valence-electron chi connectivity index (χ3n) is 3.05. The molecular weight excluding hydrogens is 226 g/mol. The van der Waals surface area contributed by atoms with Gasteiger partial charge < -0.3 is 14.8 Å². The van der Waals surface area contributed by atoms with Crippen LogP contribution in [0.5, 0.6) is 5.75 Å². The molecule has 0 heterocycles. The normalized spacial score (nSPS) is 14.2. The summed E-state index contributed by atoms with van der Waals surface area (Å²) in [7, 11) is 1.72. The van der Waals surface area contributed by atoms with Crippen LogP contribution in [0.4, 0.5) is 0 Å². The van der Waals surface area contributed by atoms with E-state index in [1.165, 1.54) is 5.56 Å². The van der Waals surface area contributed by atoms with E-state index in [0.717, 1.165) is 25.3 Å². The summed E-state index contributed by atoms with van der Waals surface area (Å²) in [6.45, 7) is 7.96. The molecule has 1 N–H and O–H groups in total. The van der Waals surface area contributed by atoms with Crippen LogP contribution in [0.15, 0.2) is 24.3 Å². The standard InChI is InChI=1S/C15H25NO2/c1-5-12(2)18-15-8-6-14(7-9-15)13(3)16-10-11-17-4/h6-9,12-13,16H,5,10-11H2,1-4H3. The number of methoxy groups -OCH3 is 1. The lowest BCUT2D eigenvalue weighted by molar-refractivity contribution is 0.196. The molecule has 0 bridgehead atoms. The highest BCUT2D eigenvalue weighted by molar-refractivity contribution is 5.29. The smallest absolute Gasteiger partial charge is 0.119 e. The number of nitrogens with one attached hydrogen (secondary N) is 1. The average Bonchev–Trinajstić information content (AvgIpc) is 2.39. The van der Waals surface area contributed by atoms with Gasteiger partial charge in [-0.3, -0.25) is 0 Å². The minimum Gasteiger partial charge on any atom is -0.491 e. The fraction of sp³-hybridized carbons (Fsp3) is 0.600. The van der Waals surface area contributed by atoms with Gasteiger partial charge in [0.05, 0.1) is 12.7 Å². The molecule has 0 fully saturated rings. The molecule has 1 rings (SSSR count). The molecule has 0 amide bonds. The summed E-state index contributed by atoms with van der Waals surface area (Å²) < 4.78 is 10.8. The van der Waals surface area contributed by atoms with Gasteiger partial charge in [0.25, 0.3) is 0 Å². The summed E-state index contributed by atoms with van der Waals surface area (Å²) in [5.74, 6) is 0.942. The Morgan fingerprint density at radius 2 is 1.83 bits per heavy atom. The van der Waals surface area contributed by atoms with Crippen LogP contribution in [-0.2, 0) is 4.74 Å². The molecule has 1 aromatic carbocycles. The molecule has 1 aromatic rings. The van der Waals surface area contributed by atoms with Gasteiger partial charge in [-0.2, -0.15) is 0 Å². The quantitative estimate of drug-likeness (QED) is 0.720. The second kappa shape index (κ2) is 8.11. The van der Waals surface area contributed by atoms with Crippen LogP contribution in [0.3, 0.4) is 0 Å². The average molecular weight is 251 g/mol. The molecule has 0 spiro atoms. The SMILES string of the molecule is CCC(C)Oc1ccc(C(C)NCCOC)cc1. The molecule has 102 valence electrons. The van der Waals surface area contributed by atoms with E-state index in [1.807, 2.05) is 12.1 Å². The van der Waals surface area contributed by atoms with E-state index in [2.05, 4.69) is 38.2 Å². The molecule has 0 aliphatic rings. The summed E-state index contributed by atoms with van der Waals surface area (Å²) in [6, 6.07) is 8.63. The first-order chi connectivity index (χ1) is 8.67. The van der Waals surface area contributed by atoms with Crippen molar-refractivity contribution in [3.63, 3.8) is 0 Å². The van der Waals surface area contributed by atoms with E-state index in [1.54, 1.807) is 7.11 Å². The van der Waals surface area contributed by atoms with Gasteiger partial charge in [0.15, 0.2) is 0 Å². The molecule has 18 heavy (non-hydrogen) atoms. The van der Waals surface area contributed by atoms with Crippen LogP contribution in [0.25, 0.3) is 0 Å². The lowest BCUT2D eigenvalue weighted by Gasteiger charge is -2.16. The summed E-state index contributed by atoms with van der Waals surface area (Å²) >= 11 is 0. The molecule has 2 unspecified atom stereocenters. The number of ether oxygens (including phenoxy) is 2. The van der Waals surface area contributed by atoms with Crippen molar-refractivity contribution in [2.75, 3.05) is 20.3 Å². The van der Waals surface area contributed by atoms with Gasteiger partial charge in [-0.15, -0.1) is 0 Å². The van der Waals surface area contributed by atoms with E-state index >= 15 is 0 Å². The topological polar surface area (TPSA) is 30.5 Å². The third kappa shape index (κ3) is 5.07. The van der Waals surface area contributed by atoms with Crippen molar-refractivity contribution in [1.82, 2.24) is 5.32 Å². The highest BCUT2D eigenvalue weighted by Gasteiger charge is 2.05. The molecule has 2 atom stereocenters. The van der Waals surface area contributed by atoms with Crippen LogP contribution in [0.1, 0.15) is 38.8 Å². The number of hydrogen-bond acceptors (Lipinski definition) is 3. The van der Waals surface area contributed by atoms with Crippen molar-refractivity contribution in [3.05, 3.63) is 29.8 Å². The third-order valence-corrected chi connectivity index (χ3v) is 3.05. The molecule has 0 aromatic heterocycles. The van der Waals surface area contributed by atoms with Gasteiger partial charge in [-0.1, -0.05) is 19.1 Å². The first kappa shape index (κ1) is 15.0. The highest BCUT2D eigenvalue weighted by atomic mass is 16.5. The predicted molar refractivity (Wildman–Crippen MR) is 75.1 cm³/mol. The number of rotatable bonds is 8. The molecule has 0 saturated carbocycles. The Balaban J connectivity index is 2.48. The molecule has 0 aliphatic carbocycles. The second-order valence-corrected chi connectivity index (χ2v) is 4.57. The Hall–Kier alpha value is -1.06. The van der Waals surface area contributed by atoms with Crippen molar-refractivity contribution < 1.29 is 9.47 Å². The predicted octanol–water partition coefficient (Wildman–Crippen LogP) is 3.16. The van der Waals surface area contributed by atoms with E-state index in [9.17, 15) is 0 Å². The molecular formula is C15H25NO2. The van der Waals surface area contributed by atoms with Gasteiger partial charge in [0.1, 0.15) is 5.75 Å². The van der Waals surface area contributed by atoms with Gasteiger partial charge >= 0.3 is 0 Å². The molecule has 3 nitrogen and oxygen atoms in total. The summed E-state index contributed by atoms with van der Waals surface area (Å²) in [5.41, 5.74) is 1.27. The maximum absolute atomic E-state index is 5.76. The van der Waals surface area contributed by atoms with Gasteiger partial charge in [-0.05, 0) is 38.0 Å². The van der Waals surface area contributed by atoms with Gasteiger partial charge in [0, 0.05) is 19.7 Å². The minimum atomic E-state index is 0.271. The lowest BCUT2D eigenvalue weighted by Crippen LogP contribution is -2.22. The Bertz CT molecular complexity index is 324. The number of hydrogen-bond donors (Lipinski definition) is 1. The Morgan fingerprint density at radius 3 is 2.39 bits per heavy atom. The summed E-state index contributed by atoms with van der Waals surface area (Å²) in [6.07, 6.45) is 1.30. The van der Waals surface area contributed by atoms with Crippen molar-refractivity contribution in [1.29, 1.82) is 0 Å². The Morgan fingerprint density at radius 1 is 1.17 bits per heavy atom. The van der Waals surface area contributed by atoms with E-state index < -0.39 is 0 Å². The Kier molecular flexibility index (Phi) is 6.76. The fourth-order valence-electron chi connectivity index (χ4n) is 1.65. The molecule has 3 heteroatoms. The van der Waals surface area contributed by atoms with Crippen molar-refractivity contribution in [2.45, 2.75) is 39.3 Å². The minimum absolute atomic E-state index is 0.271. The van der Waals surface area contributed by atoms with Crippen LogP contribution in [0, 0.1) is 0 Å². The van der Waals surface area contributed by atoms with Crippen LogP contribution in [-0.4, -0.2) is 26.4 Å². The maximum atomic E-state index is 5.76. The summed E-state index contributed by atoms with van der Waals surface area (Å²) in [5, 5.41) is 3.41. The van der Waals surface area contributed by atoms with E-state index in [0.29, 0.717) is 6.04 Å². The molecule has 0 aliphatic heterocycles. The van der Waals surface area contributed by atoms with Crippen molar-refractivity contribution in [2.24, 2.45) is 0 Å². The monoisotopic (exact) mass is 251 g/mol. The zero-order chi connectivity index (χ0) is 13.4. The first-order valence-electron chi connectivity index (χ1n) is 6.66. The molecule has 0 radical (unpaired) electrons. The largest absolute Gasteiger partial charge is 0.491 e. The van der Waals surface area contributed by atoms with Crippen LogP contribution in [0.2, 0.25) is 0 Å². The van der Waals surface area contributed by atoms with Gasteiger partial charge in [0.2, 0.25) is 0 Å². The Labute approximate surface area is 110 Å². The summed E-state index contributed by atoms with van der Waals surface area (Å²) in [4.78, 5) is 0. The number of benzene rings is 1. The van der Waals surface area contributed by atoms with E-state index in [-0.39, 0.29) is 6.10 Å². The fourth-order valence-corrected chi connectivity index (χ4v) is 1.65. The van der Waals surface area contributed by atoms with Crippen LogP contribution >= 0.6 is 0 Å².